The molecule has 0 fully saturated rings. The van der Waals surface area contributed by atoms with Gasteiger partial charge in [0, 0.05) is 13.3 Å². The molecule has 7 heteroatoms. The van der Waals surface area contributed by atoms with Gasteiger partial charge in [-0.15, -0.1) is 0 Å². The first-order valence-electron chi connectivity index (χ1n) is 6.46. The SMILES string of the molecule is CCc1nn(C)c(COc2cccc(S(C)(=O)=O)c2)c1Br. The molecule has 0 saturated carbocycles. The minimum Gasteiger partial charge on any atom is -0.487 e. The molecule has 114 valence electrons. The summed E-state index contributed by atoms with van der Waals surface area (Å²) in [6.07, 6.45) is 2.01. The molecular formula is C14H17BrN2O3S. The molecular weight excluding hydrogens is 356 g/mol. The first-order valence-corrected chi connectivity index (χ1v) is 9.14. The van der Waals surface area contributed by atoms with Crippen molar-refractivity contribution in [3.8, 4) is 5.75 Å². The van der Waals surface area contributed by atoms with Crippen LogP contribution >= 0.6 is 15.9 Å². The summed E-state index contributed by atoms with van der Waals surface area (Å²) in [5.41, 5.74) is 1.89. The van der Waals surface area contributed by atoms with Gasteiger partial charge in [-0.25, -0.2) is 8.42 Å². The van der Waals surface area contributed by atoms with Gasteiger partial charge in [0.1, 0.15) is 12.4 Å². The number of nitrogens with zero attached hydrogens (tertiary/aromatic N) is 2. The van der Waals surface area contributed by atoms with Crippen LogP contribution in [-0.4, -0.2) is 24.5 Å². The molecule has 0 radical (unpaired) electrons. The van der Waals surface area contributed by atoms with Crippen molar-refractivity contribution in [1.29, 1.82) is 0 Å². The van der Waals surface area contributed by atoms with Gasteiger partial charge in [0.2, 0.25) is 0 Å². The Labute approximate surface area is 133 Å². The van der Waals surface area contributed by atoms with Gasteiger partial charge in [-0.2, -0.15) is 5.10 Å². The van der Waals surface area contributed by atoms with Gasteiger partial charge in [0.25, 0.3) is 0 Å². The number of sulfone groups is 1. The van der Waals surface area contributed by atoms with Crippen LogP contribution in [0.5, 0.6) is 5.75 Å². The van der Waals surface area contributed by atoms with Crippen molar-refractivity contribution >= 4 is 25.8 Å². The van der Waals surface area contributed by atoms with Gasteiger partial charge in [-0.1, -0.05) is 13.0 Å². The third-order valence-corrected chi connectivity index (χ3v) is 5.14. The van der Waals surface area contributed by atoms with Crippen molar-refractivity contribution in [2.75, 3.05) is 6.26 Å². The molecule has 0 bridgehead atoms. The van der Waals surface area contributed by atoms with Crippen LogP contribution in [0.1, 0.15) is 18.3 Å². The van der Waals surface area contributed by atoms with Gasteiger partial charge in [0.15, 0.2) is 9.84 Å². The quantitative estimate of drug-likeness (QED) is 0.809. The lowest BCUT2D eigenvalue weighted by Crippen LogP contribution is -2.04. The number of hydrogen-bond acceptors (Lipinski definition) is 4. The van der Waals surface area contributed by atoms with Crippen molar-refractivity contribution in [1.82, 2.24) is 9.78 Å². The Kier molecular flexibility index (Phi) is 4.73. The van der Waals surface area contributed by atoms with E-state index in [-0.39, 0.29) is 4.90 Å². The van der Waals surface area contributed by atoms with Crippen LogP contribution in [0.15, 0.2) is 33.6 Å². The lowest BCUT2D eigenvalue weighted by atomic mass is 10.3. The number of rotatable bonds is 5. The number of ether oxygens (including phenoxy) is 1. The van der Waals surface area contributed by atoms with E-state index in [1.165, 1.54) is 12.3 Å². The number of benzene rings is 1. The summed E-state index contributed by atoms with van der Waals surface area (Å²) in [7, 11) is -1.37. The van der Waals surface area contributed by atoms with E-state index in [0.717, 1.165) is 22.3 Å². The summed E-state index contributed by atoms with van der Waals surface area (Å²) in [6, 6.07) is 6.48. The largest absolute Gasteiger partial charge is 0.487 e. The van der Waals surface area contributed by atoms with E-state index in [1.54, 1.807) is 22.9 Å². The van der Waals surface area contributed by atoms with Gasteiger partial charge < -0.3 is 4.74 Å². The van der Waals surface area contributed by atoms with Crippen molar-refractivity contribution in [2.45, 2.75) is 24.8 Å². The van der Waals surface area contributed by atoms with E-state index in [1.807, 2.05) is 14.0 Å². The monoisotopic (exact) mass is 372 g/mol. The number of hydrogen-bond donors (Lipinski definition) is 0. The maximum atomic E-state index is 11.5. The van der Waals surface area contributed by atoms with Crippen LogP contribution in [0.2, 0.25) is 0 Å². The Bertz CT molecular complexity index is 754. The third-order valence-electron chi connectivity index (χ3n) is 3.11. The van der Waals surface area contributed by atoms with Crippen LogP contribution < -0.4 is 4.74 Å². The van der Waals surface area contributed by atoms with E-state index in [2.05, 4.69) is 21.0 Å². The molecule has 0 saturated heterocycles. The lowest BCUT2D eigenvalue weighted by Gasteiger charge is -2.08. The van der Waals surface area contributed by atoms with Crippen molar-refractivity contribution in [2.24, 2.45) is 7.05 Å². The second kappa shape index (κ2) is 6.19. The standard InChI is InChI=1S/C14H17BrN2O3S/c1-4-12-14(15)13(17(2)16-12)9-20-10-6-5-7-11(8-10)21(3,18)19/h5-8H,4,9H2,1-3H3. The average Bonchev–Trinajstić information content (AvgIpc) is 2.70. The second-order valence-electron chi connectivity index (χ2n) is 4.72. The molecule has 0 N–H and O–H groups in total. The van der Waals surface area contributed by atoms with E-state index in [4.69, 9.17) is 4.74 Å². The topological polar surface area (TPSA) is 61.2 Å². The molecule has 1 heterocycles. The van der Waals surface area contributed by atoms with E-state index in [9.17, 15) is 8.42 Å². The fourth-order valence-corrected chi connectivity index (χ4v) is 3.31. The van der Waals surface area contributed by atoms with E-state index >= 15 is 0 Å². The van der Waals surface area contributed by atoms with Crippen molar-refractivity contribution < 1.29 is 13.2 Å². The van der Waals surface area contributed by atoms with E-state index < -0.39 is 9.84 Å². The van der Waals surface area contributed by atoms with Gasteiger partial charge >= 0.3 is 0 Å². The molecule has 0 atom stereocenters. The van der Waals surface area contributed by atoms with E-state index in [0.29, 0.717) is 12.4 Å². The molecule has 1 aromatic carbocycles. The Morgan fingerprint density at radius 3 is 2.67 bits per heavy atom. The molecule has 0 spiro atoms. The Hall–Kier alpha value is -1.34. The summed E-state index contributed by atoms with van der Waals surface area (Å²) >= 11 is 3.52. The summed E-state index contributed by atoms with van der Waals surface area (Å²) in [6.45, 7) is 2.35. The average molecular weight is 373 g/mol. The van der Waals surface area contributed by atoms with Gasteiger partial charge in [-0.05, 0) is 40.5 Å². The smallest absolute Gasteiger partial charge is 0.175 e. The molecule has 0 amide bonds. The highest BCUT2D eigenvalue weighted by Crippen LogP contribution is 2.24. The number of aryl methyl sites for hydroxylation is 2. The molecule has 2 rings (SSSR count). The maximum absolute atomic E-state index is 11.5. The summed E-state index contributed by atoms with van der Waals surface area (Å²) < 4.78 is 31.5. The molecule has 2 aromatic rings. The zero-order chi connectivity index (χ0) is 15.6. The lowest BCUT2D eigenvalue weighted by molar-refractivity contribution is 0.293. The van der Waals surface area contributed by atoms with Crippen molar-refractivity contribution in [3.05, 3.63) is 40.1 Å². The molecule has 0 aliphatic carbocycles. The Balaban J connectivity index is 2.19. The Morgan fingerprint density at radius 1 is 1.38 bits per heavy atom. The molecule has 0 aliphatic heterocycles. The Morgan fingerprint density at radius 2 is 2.10 bits per heavy atom. The van der Waals surface area contributed by atoms with Crippen LogP contribution in [0.4, 0.5) is 0 Å². The van der Waals surface area contributed by atoms with Crippen LogP contribution in [-0.2, 0) is 29.9 Å². The fraction of sp³-hybridized carbons (Fsp3) is 0.357. The zero-order valence-corrected chi connectivity index (χ0v) is 14.5. The fourth-order valence-electron chi connectivity index (χ4n) is 1.92. The maximum Gasteiger partial charge on any atom is 0.175 e. The highest BCUT2D eigenvalue weighted by molar-refractivity contribution is 9.10. The molecule has 1 aromatic heterocycles. The molecule has 0 aliphatic rings. The van der Waals surface area contributed by atoms with Gasteiger partial charge in [-0.3, -0.25) is 4.68 Å². The minimum atomic E-state index is -3.23. The molecule has 21 heavy (non-hydrogen) atoms. The second-order valence-corrected chi connectivity index (χ2v) is 7.53. The predicted octanol–water partition coefficient (Wildman–Crippen LogP) is 2.73. The van der Waals surface area contributed by atoms with Crippen LogP contribution in [0.25, 0.3) is 0 Å². The highest BCUT2D eigenvalue weighted by Gasteiger charge is 2.13. The molecule has 0 unspecified atom stereocenters. The third kappa shape index (κ3) is 3.65. The van der Waals surface area contributed by atoms with Gasteiger partial charge in [0.05, 0.1) is 20.8 Å². The first-order chi connectivity index (χ1) is 9.82. The minimum absolute atomic E-state index is 0.248. The normalized spacial score (nSPS) is 11.6. The highest BCUT2D eigenvalue weighted by atomic mass is 79.9. The number of halogens is 1. The first kappa shape index (κ1) is 16.0. The molecule has 5 nitrogen and oxygen atoms in total. The van der Waals surface area contributed by atoms with Crippen LogP contribution in [0.3, 0.4) is 0 Å². The summed E-state index contributed by atoms with van der Waals surface area (Å²) in [4.78, 5) is 0.248. The zero-order valence-electron chi connectivity index (χ0n) is 12.1. The van der Waals surface area contributed by atoms with Crippen LogP contribution in [0, 0.1) is 0 Å². The summed E-state index contributed by atoms with van der Waals surface area (Å²) in [5.74, 6) is 0.518. The van der Waals surface area contributed by atoms with Crippen molar-refractivity contribution in [3.63, 3.8) is 0 Å². The number of aromatic nitrogens is 2. The predicted molar refractivity (Wildman–Crippen MR) is 84.2 cm³/mol. The summed E-state index contributed by atoms with van der Waals surface area (Å²) in [5, 5.41) is 4.39.